The van der Waals surface area contributed by atoms with Crippen molar-refractivity contribution in [3.63, 3.8) is 0 Å². The van der Waals surface area contributed by atoms with E-state index in [0.717, 1.165) is 16.5 Å². The smallest absolute Gasteiger partial charge is 0.325 e. The SMILES string of the molecule is CCOC(=O)Cn1cc(/C=C(/C#N)C(=O)Nc2ccccc2C)c2ccccc21. The first-order chi connectivity index (χ1) is 14.0. The van der Waals surface area contributed by atoms with Crippen molar-refractivity contribution in [3.05, 3.63) is 71.4 Å². The van der Waals surface area contributed by atoms with E-state index < -0.39 is 5.91 Å². The molecule has 1 heterocycles. The third-order valence-electron chi connectivity index (χ3n) is 4.48. The van der Waals surface area contributed by atoms with E-state index in [2.05, 4.69) is 5.32 Å². The van der Waals surface area contributed by atoms with Gasteiger partial charge in [0.05, 0.1) is 6.61 Å². The van der Waals surface area contributed by atoms with Crippen LogP contribution >= 0.6 is 0 Å². The van der Waals surface area contributed by atoms with Crippen molar-refractivity contribution >= 4 is 34.5 Å². The highest BCUT2D eigenvalue weighted by atomic mass is 16.5. The van der Waals surface area contributed by atoms with Crippen LogP contribution in [0.15, 0.2) is 60.3 Å². The summed E-state index contributed by atoms with van der Waals surface area (Å²) in [4.78, 5) is 24.5. The summed E-state index contributed by atoms with van der Waals surface area (Å²) < 4.78 is 6.79. The van der Waals surface area contributed by atoms with Gasteiger partial charge in [0.15, 0.2) is 0 Å². The molecule has 6 heteroatoms. The summed E-state index contributed by atoms with van der Waals surface area (Å²) in [5, 5.41) is 13.2. The molecule has 0 aliphatic heterocycles. The molecular formula is C23H21N3O3. The van der Waals surface area contributed by atoms with Gasteiger partial charge >= 0.3 is 5.97 Å². The number of rotatable bonds is 6. The Labute approximate surface area is 169 Å². The van der Waals surface area contributed by atoms with Crippen LogP contribution in [0.25, 0.3) is 17.0 Å². The number of ether oxygens (including phenoxy) is 1. The van der Waals surface area contributed by atoms with E-state index >= 15 is 0 Å². The second kappa shape index (κ2) is 8.89. The van der Waals surface area contributed by atoms with E-state index in [9.17, 15) is 14.9 Å². The van der Waals surface area contributed by atoms with Crippen LogP contribution in [0, 0.1) is 18.3 Å². The molecule has 0 bridgehead atoms. The number of fused-ring (bicyclic) bond motifs is 1. The minimum absolute atomic E-state index is 0.0210. The Morgan fingerprint density at radius 3 is 2.62 bits per heavy atom. The second-order valence-corrected chi connectivity index (χ2v) is 6.47. The minimum atomic E-state index is -0.482. The van der Waals surface area contributed by atoms with Crippen LogP contribution in [0.1, 0.15) is 18.1 Å². The van der Waals surface area contributed by atoms with Gasteiger partial charge < -0.3 is 14.6 Å². The Hall–Kier alpha value is -3.85. The lowest BCUT2D eigenvalue weighted by Gasteiger charge is -2.07. The molecule has 6 nitrogen and oxygen atoms in total. The highest BCUT2D eigenvalue weighted by Crippen LogP contribution is 2.24. The Kier molecular flexibility index (Phi) is 6.10. The number of carbonyl (C=O) groups excluding carboxylic acids is 2. The Morgan fingerprint density at radius 2 is 1.90 bits per heavy atom. The molecule has 0 fully saturated rings. The number of nitriles is 1. The zero-order chi connectivity index (χ0) is 20.8. The van der Waals surface area contributed by atoms with Crippen LogP contribution in [-0.2, 0) is 20.9 Å². The lowest BCUT2D eigenvalue weighted by atomic mass is 10.1. The molecule has 2 aromatic carbocycles. The van der Waals surface area contributed by atoms with Gasteiger partial charge in [0.2, 0.25) is 0 Å². The fourth-order valence-electron chi connectivity index (χ4n) is 3.07. The van der Waals surface area contributed by atoms with Gasteiger partial charge in [-0.15, -0.1) is 0 Å². The summed E-state index contributed by atoms with van der Waals surface area (Å²) in [5.41, 5.74) is 3.05. The molecule has 0 radical (unpaired) electrons. The average Bonchev–Trinajstić information content (AvgIpc) is 3.05. The summed E-state index contributed by atoms with van der Waals surface area (Å²) in [7, 11) is 0. The van der Waals surface area contributed by atoms with Crippen LogP contribution in [0.4, 0.5) is 5.69 Å². The first-order valence-electron chi connectivity index (χ1n) is 9.25. The number of hydrogen-bond acceptors (Lipinski definition) is 4. The molecular weight excluding hydrogens is 366 g/mol. The van der Waals surface area contributed by atoms with Gasteiger partial charge in [0.1, 0.15) is 18.2 Å². The monoisotopic (exact) mass is 387 g/mol. The number of nitrogens with one attached hydrogen (secondary N) is 1. The fourth-order valence-corrected chi connectivity index (χ4v) is 3.07. The Morgan fingerprint density at radius 1 is 1.17 bits per heavy atom. The summed E-state index contributed by atoms with van der Waals surface area (Å²) in [6.07, 6.45) is 3.29. The van der Waals surface area contributed by atoms with Crippen molar-refractivity contribution in [2.75, 3.05) is 11.9 Å². The zero-order valence-electron chi connectivity index (χ0n) is 16.3. The largest absolute Gasteiger partial charge is 0.465 e. The molecule has 1 aromatic heterocycles. The maximum atomic E-state index is 12.6. The lowest BCUT2D eigenvalue weighted by molar-refractivity contribution is -0.143. The quantitative estimate of drug-likeness (QED) is 0.393. The number of anilines is 1. The van der Waals surface area contributed by atoms with E-state index in [1.807, 2.05) is 55.5 Å². The number of hydrogen-bond donors (Lipinski definition) is 1. The second-order valence-electron chi connectivity index (χ2n) is 6.47. The number of esters is 1. The predicted octanol–water partition coefficient (Wildman–Crippen LogP) is 4.06. The predicted molar refractivity (Wildman–Crippen MR) is 112 cm³/mol. The highest BCUT2D eigenvalue weighted by Gasteiger charge is 2.14. The maximum absolute atomic E-state index is 12.6. The maximum Gasteiger partial charge on any atom is 0.325 e. The van der Waals surface area contributed by atoms with Crippen LogP contribution in [0.2, 0.25) is 0 Å². The molecule has 146 valence electrons. The van der Waals surface area contributed by atoms with Gasteiger partial charge in [-0.05, 0) is 37.6 Å². The zero-order valence-corrected chi connectivity index (χ0v) is 16.3. The molecule has 3 aromatic rings. The molecule has 0 saturated carbocycles. The van der Waals surface area contributed by atoms with Crippen LogP contribution in [-0.4, -0.2) is 23.1 Å². The standard InChI is InChI=1S/C23H21N3O3/c1-3-29-22(27)15-26-14-18(19-9-5-7-11-21(19)26)12-17(13-24)23(28)25-20-10-6-4-8-16(20)2/h4-12,14H,3,15H2,1-2H3,(H,25,28)/b17-12-. The van der Waals surface area contributed by atoms with Crippen molar-refractivity contribution < 1.29 is 14.3 Å². The number of para-hydroxylation sites is 2. The van der Waals surface area contributed by atoms with Gasteiger partial charge in [-0.25, -0.2) is 0 Å². The molecule has 0 aliphatic carbocycles. The van der Waals surface area contributed by atoms with Gasteiger partial charge in [0.25, 0.3) is 5.91 Å². The summed E-state index contributed by atoms with van der Waals surface area (Å²) in [6, 6.07) is 16.8. The number of benzene rings is 2. The summed E-state index contributed by atoms with van der Waals surface area (Å²) >= 11 is 0. The third-order valence-corrected chi connectivity index (χ3v) is 4.48. The van der Waals surface area contributed by atoms with Crippen LogP contribution < -0.4 is 5.32 Å². The molecule has 0 aliphatic rings. The molecule has 0 saturated heterocycles. The van der Waals surface area contributed by atoms with E-state index in [4.69, 9.17) is 4.74 Å². The summed E-state index contributed by atoms with van der Waals surface area (Å²) in [5.74, 6) is -0.828. The number of aromatic nitrogens is 1. The highest BCUT2D eigenvalue weighted by molar-refractivity contribution is 6.11. The van der Waals surface area contributed by atoms with Crippen molar-refractivity contribution in [2.45, 2.75) is 20.4 Å². The summed E-state index contributed by atoms with van der Waals surface area (Å²) in [6.45, 7) is 4.00. The Bertz CT molecular complexity index is 1140. The molecule has 1 amide bonds. The minimum Gasteiger partial charge on any atom is -0.465 e. The van der Waals surface area contributed by atoms with Crippen molar-refractivity contribution in [2.24, 2.45) is 0 Å². The molecule has 0 spiro atoms. The Balaban J connectivity index is 1.95. The van der Waals surface area contributed by atoms with Crippen molar-refractivity contribution in [1.29, 1.82) is 5.26 Å². The van der Waals surface area contributed by atoms with E-state index in [-0.39, 0.29) is 18.1 Å². The van der Waals surface area contributed by atoms with E-state index in [1.54, 1.807) is 23.8 Å². The topological polar surface area (TPSA) is 84.1 Å². The normalized spacial score (nSPS) is 11.1. The number of carbonyl (C=O) groups is 2. The average molecular weight is 387 g/mol. The molecule has 29 heavy (non-hydrogen) atoms. The van der Waals surface area contributed by atoms with Crippen molar-refractivity contribution in [3.8, 4) is 6.07 Å². The fraction of sp³-hybridized carbons (Fsp3) is 0.174. The molecule has 0 unspecified atom stereocenters. The van der Waals surface area contributed by atoms with Gasteiger partial charge in [-0.2, -0.15) is 5.26 Å². The van der Waals surface area contributed by atoms with Crippen LogP contribution in [0.3, 0.4) is 0 Å². The third kappa shape index (κ3) is 4.53. The molecule has 1 N–H and O–H groups in total. The number of nitrogens with zero attached hydrogens (tertiary/aromatic N) is 2. The van der Waals surface area contributed by atoms with E-state index in [0.29, 0.717) is 17.9 Å². The lowest BCUT2D eigenvalue weighted by Crippen LogP contribution is -2.14. The van der Waals surface area contributed by atoms with E-state index in [1.165, 1.54) is 6.08 Å². The first-order valence-corrected chi connectivity index (χ1v) is 9.25. The van der Waals surface area contributed by atoms with Gasteiger partial charge in [-0.1, -0.05) is 36.4 Å². The number of amides is 1. The van der Waals surface area contributed by atoms with Crippen LogP contribution in [0.5, 0.6) is 0 Å². The van der Waals surface area contributed by atoms with Crippen molar-refractivity contribution in [1.82, 2.24) is 4.57 Å². The molecule has 0 atom stereocenters. The molecule has 3 rings (SSSR count). The van der Waals surface area contributed by atoms with Gasteiger partial charge in [-0.3, -0.25) is 9.59 Å². The number of aryl methyl sites for hydroxylation is 1. The van der Waals surface area contributed by atoms with Gasteiger partial charge in [0, 0.05) is 28.4 Å². The first kappa shape index (κ1) is 19.9.